The van der Waals surface area contributed by atoms with Crippen molar-refractivity contribution in [3.8, 4) is 0 Å². The molecule has 0 aliphatic carbocycles. The first-order valence-electron chi connectivity index (χ1n) is 7.74. The van der Waals surface area contributed by atoms with Crippen LogP contribution in [0.2, 0.25) is 0 Å². The van der Waals surface area contributed by atoms with Gasteiger partial charge in [-0.25, -0.2) is 9.18 Å². The maximum atomic E-state index is 12.8. The van der Waals surface area contributed by atoms with Gasteiger partial charge in [-0.1, -0.05) is 45.0 Å². The van der Waals surface area contributed by atoms with E-state index >= 15 is 0 Å². The molecule has 0 fully saturated rings. The van der Waals surface area contributed by atoms with Crippen LogP contribution in [0.1, 0.15) is 31.9 Å². The monoisotopic (exact) mass is 314 g/mol. The van der Waals surface area contributed by atoms with Crippen LogP contribution >= 0.6 is 0 Å². The third kappa shape index (κ3) is 5.40. The zero-order chi connectivity index (χ0) is 16.9. The predicted molar refractivity (Wildman–Crippen MR) is 92.3 cm³/mol. The van der Waals surface area contributed by atoms with Crippen LogP contribution in [0.4, 0.5) is 14.9 Å². The molecule has 2 rings (SSSR count). The summed E-state index contributed by atoms with van der Waals surface area (Å²) in [4.78, 5) is 11.9. The van der Waals surface area contributed by atoms with Crippen LogP contribution in [0.5, 0.6) is 0 Å². The van der Waals surface area contributed by atoms with Crippen molar-refractivity contribution < 1.29 is 9.18 Å². The number of rotatable bonds is 4. The molecule has 2 N–H and O–H groups in total. The lowest BCUT2D eigenvalue weighted by Gasteiger charge is -2.19. The molecular formula is C19H23FN2O. The topological polar surface area (TPSA) is 41.1 Å². The van der Waals surface area contributed by atoms with Gasteiger partial charge >= 0.3 is 6.03 Å². The summed E-state index contributed by atoms with van der Waals surface area (Å²) >= 11 is 0. The Kier molecular flexibility index (Phi) is 5.37. The number of halogens is 1. The molecule has 0 atom stereocenters. The van der Waals surface area contributed by atoms with E-state index < -0.39 is 0 Å². The highest BCUT2D eigenvalue weighted by Gasteiger charge is 2.13. The lowest BCUT2D eigenvalue weighted by molar-refractivity contribution is 0.252. The van der Waals surface area contributed by atoms with Crippen molar-refractivity contribution in [1.29, 1.82) is 0 Å². The summed E-state index contributed by atoms with van der Waals surface area (Å²) in [5, 5.41) is 5.60. The molecule has 23 heavy (non-hydrogen) atoms. The van der Waals surface area contributed by atoms with Crippen molar-refractivity contribution in [2.24, 2.45) is 0 Å². The molecule has 0 saturated carbocycles. The predicted octanol–water partition coefficient (Wildman–Crippen LogP) is 4.49. The van der Waals surface area contributed by atoms with E-state index in [1.54, 1.807) is 12.1 Å². The second-order valence-electron chi connectivity index (χ2n) is 6.58. The van der Waals surface area contributed by atoms with Gasteiger partial charge in [0.2, 0.25) is 0 Å². The van der Waals surface area contributed by atoms with Crippen molar-refractivity contribution in [3.05, 3.63) is 65.5 Å². The Morgan fingerprint density at radius 3 is 2.17 bits per heavy atom. The zero-order valence-electron chi connectivity index (χ0n) is 13.8. The number of carbonyl (C=O) groups excluding carboxylic acids is 1. The summed E-state index contributed by atoms with van der Waals surface area (Å²) in [5.74, 6) is -0.252. The third-order valence-corrected chi connectivity index (χ3v) is 3.62. The molecule has 4 heteroatoms. The third-order valence-electron chi connectivity index (χ3n) is 3.62. The number of anilines is 1. The SMILES string of the molecule is CC(C)(C)c1ccc(NC(=O)NCCc2ccc(F)cc2)cc1. The molecule has 0 aliphatic rings. The van der Waals surface area contributed by atoms with Gasteiger partial charge in [0.05, 0.1) is 0 Å². The maximum absolute atomic E-state index is 12.8. The number of hydrogen-bond acceptors (Lipinski definition) is 1. The molecule has 2 aromatic rings. The Labute approximate surface area is 136 Å². The molecular weight excluding hydrogens is 291 g/mol. The number of nitrogens with one attached hydrogen (secondary N) is 2. The molecule has 2 amide bonds. The minimum Gasteiger partial charge on any atom is -0.338 e. The summed E-state index contributed by atoms with van der Waals surface area (Å²) in [6.45, 7) is 6.95. The van der Waals surface area contributed by atoms with E-state index in [0.717, 1.165) is 11.3 Å². The quantitative estimate of drug-likeness (QED) is 0.858. The molecule has 0 saturated heterocycles. The molecule has 0 aliphatic heterocycles. The average Bonchev–Trinajstić information content (AvgIpc) is 2.49. The molecule has 122 valence electrons. The van der Waals surface area contributed by atoms with Crippen molar-refractivity contribution in [1.82, 2.24) is 5.32 Å². The van der Waals surface area contributed by atoms with Crippen molar-refractivity contribution >= 4 is 11.7 Å². The van der Waals surface area contributed by atoms with E-state index in [2.05, 4.69) is 31.4 Å². The maximum Gasteiger partial charge on any atom is 0.319 e. The van der Waals surface area contributed by atoms with Crippen LogP contribution in [-0.2, 0) is 11.8 Å². The highest BCUT2D eigenvalue weighted by molar-refractivity contribution is 5.89. The smallest absolute Gasteiger partial charge is 0.319 e. The fourth-order valence-corrected chi connectivity index (χ4v) is 2.20. The summed E-state index contributed by atoms with van der Waals surface area (Å²) in [5.41, 5.74) is 3.06. The van der Waals surface area contributed by atoms with E-state index in [0.29, 0.717) is 13.0 Å². The highest BCUT2D eigenvalue weighted by Crippen LogP contribution is 2.23. The zero-order valence-corrected chi connectivity index (χ0v) is 13.8. The van der Waals surface area contributed by atoms with E-state index in [1.807, 2.05) is 24.3 Å². The van der Waals surface area contributed by atoms with Crippen molar-refractivity contribution in [3.63, 3.8) is 0 Å². The number of urea groups is 1. The van der Waals surface area contributed by atoms with Crippen LogP contribution in [0.15, 0.2) is 48.5 Å². The van der Waals surface area contributed by atoms with Crippen LogP contribution in [0.3, 0.4) is 0 Å². The molecule has 0 unspecified atom stereocenters. The van der Waals surface area contributed by atoms with Gasteiger partial charge in [0.1, 0.15) is 5.82 Å². The van der Waals surface area contributed by atoms with Crippen molar-refractivity contribution in [2.75, 3.05) is 11.9 Å². The van der Waals surface area contributed by atoms with E-state index in [9.17, 15) is 9.18 Å². The van der Waals surface area contributed by atoms with Gasteiger partial charge in [0.15, 0.2) is 0 Å². The Bertz CT molecular complexity index is 643. The number of amides is 2. The lowest BCUT2D eigenvalue weighted by Crippen LogP contribution is -2.30. The summed E-state index contributed by atoms with van der Waals surface area (Å²) in [7, 11) is 0. The van der Waals surface area contributed by atoms with Gasteiger partial charge in [0.25, 0.3) is 0 Å². The van der Waals surface area contributed by atoms with E-state index in [4.69, 9.17) is 0 Å². The van der Waals surface area contributed by atoms with E-state index in [-0.39, 0.29) is 17.3 Å². The number of carbonyl (C=O) groups is 1. The molecule has 0 radical (unpaired) electrons. The van der Waals surface area contributed by atoms with Gasteiger partial charge in [0, 0.05) is 12.2 Å². The van der Waals surface area contributed by atoms with Gasteiger partial charge < -0.3 is 10.6 Å². The summed E-state index contributed by atoms with van der Waals surface area (Å²) in [6.07, 6.45) is 0.663. The Morgan fingerprint density at radius 1 is 1.00 bits per heavy atom. The Morgan fingerprint density at radius 2 is 1.61 bits per heavy atom. The Hall–Kier alpha value is -2.36. The minimum atomic E-state index is -0.252. The van der Waals surface area contributed by atoms with Crippen LogP contribution < -0.4 is 10.6 Å². The van der Waals surface area contributed by atoms with Crippen LogP contribution in [0.25, 0.3) is 0 Å². The van der Waals surface area contributed by atoms with E-state index in [1.165, 1.54) is 17.7 Å². The molecule has 3 nitrogen and oxygen atoms in total. The van der Waals surface area contributed by atoms with Gasteiger partial charge in [-0.15, -0.1) is 0 Å². The second kappa shape index (κ2) is 7.27. The first-order chi connectivity index (χ1) is 10.8. The van der Waals surface area contributed by atoms with Gasteiger partial charge in [-0.2, -0.15) is 0 Å². The first-order valence-corrected chi connectivity index (χ1v) is 7.74. The average molecular weight is 314 g/mol. The second-order valence-corrected chi connectivity index (χ2v) is 6.58. The fraction of sp³-hybridized carbons (Fsp3) is 0.316. The number of hydrogen-bond donors (Lipinski definition) is 2. The highest BCUT2D eigenvalue weighted by atomic mass is 19.1. The number of benzene rings is 2. The largest absolute Gasteiger partial charge is 0.338 e. The molecule has 0 aromatic heterocycles. The summed E-state index contributed by atoms with van der Waals surface area (Å²) in [6, 6.07) is 13.9. The minimum absolute atomic E-state index is 0.0932. The standard InChI is InChI=1S/C19H23FN2O/c1-19(2,3)15-6-10-17(11-7-15)22-18(23)21-13-12-14-4-8-16(20)9-5-14/h4-11H,12-13H2,1-3H3,(H2,21,22,23). The van der Waals surface area contributed by atoms with Crippen molar-refractivity contribution in [2.45, 2.75) is 32.6 Å². The van der Waals surface area contributed by atoms with Gasteiger partial charge in [-0.3, -0.25) is 0 Å². The summed E-state index contributed by atoms with van der Waals surface area (Å²) < 4.78 is 12.8. The van der Waals surface area contributed by atoms with Crippen LogP contribution in [0, 0.1) is 5.82 Å². The Balaban J connectivity index is 1.79. The van der Waals surface area contributed by atoms with Crippen LogP contribution in [-0.4, -0.2) is 12.6 Å². The molecule has 0 heterocycles. The first kappa shape index (κ1) is 17.0. The lowest BCUT2D eigenvalue weighted by atomic mass is 9.87. The van der Waals surface area contributed by atoms with Gasteiger partial charge in [-0.05, 0) is 47.2 Å². The molecule has 2 aromatic carbocycles. The molecule has 0 spiro atoms. The fourth-order valence-electron chi connectivity index (χ4n) is 2.20. The molecule has 0 bridgehead atoms. The normalized spacial score (nSPS) is 11.1.